The molecule has 0 saturated carbocycles. The molecule has 3 aromatic heterocycles. The molecular formula is C23H31N5O3. The van der Waals surface area contributed by atoms with Gasteiger partial charge in [-0.2, -0.15) is 5.10 Å². The first-order valence-electron chi connectivity index (χ1n) is 11.6. The van der Waals surface area contributed by atoms with E-state index in [9.17, 15) is 9.59 Å². The van der Waals surface area contributed by atoms with E-state index >= 15 is 0 Å². The van der Waals surface area contributed by atoms with Crippen molar-refractivity contribution in [1.29, 1.82) is 0 Å². The third-order valence-electron chi connectivity index (χ3n) is 6.95. The highest BCUT2D eigenvalue weighted by atomic mass is 16.3. The first-order valence-corrected chi connectivity index (χ1v) is 11.6. The van der Waals surface area contributed by atoms with Gasteiger partial charge in [-0.05, 0) is 52.1 Å². The number of hydrogen-bond donors (Lipinski definition) is 0. The van der Waals surface area contributed by atoms with E-state index in [2.05, 4.69) is 10.00 Å². The zero-order valence-corrected chi connectivity index (χ0v) is 18.3. The number of nitrogens with zero attached hydrogens (tertiary/aromatic N) is 5. The second kappa shape index (κ2) is 8.49. The Balaban J connectivity index is 1.17. The summed E-state index contributed by atoms with van der Waals surface area (Å²) in [5.41, 5.74) is 1.95. The molecule has 8 heteroatoms. The predicted molar refractivity (Wildman–Crippen MR) is 118 cm³/mol. The molecule has 5 rings (SSSR count). The molecule has 2 aliphatic rings. The van der Waals surface area contributed by atoms with Crippen LogP contribution in [0.5, 0.6) is 0 Å². The van der Waals surface area contributed by atoms with Gasteiger partial charge in [0.15, 0.2) is 5.58 Å². The number of furan rings is 1. The fraction of sp³-hybridized carbons (Fsp3) is 0.609. The van der Waals surface area contributed by atoms with E-state index in [1.165, 1.54) is 37.0 Å². The number of piperidine rings is 2. The van der Waals surface area contributed by atoms with Crippen molar-refractivity contribution in [2.24, 2.45) is 0 Å². The van der Waals surface area contributed by atoms with Crippen molar-refractivity contribution in [3.8, 4) is 0 Å². The lowest BCUT2D eigenvalue weighted by Crippen LogP contribution is -2.48. The van der Waals surface area contributed by atoms with Gasteiger partial charge in [0.05, 0.1) is 11.8 Å². The van der Waals surface area contributed by atoms with Crippen molar-refractivity contribution in [1.82, 2.24) is 24.0 Å². The predicted octanol–water partition coefficient (Wildman–Crippen LogP) is 2.81. The van der Waals surface area contributed by atoms with Gasteiger partial charge in [0.2, 0.25) is 5.91 Å². The highest BCUT2D eigenvalue weighted by Crippen LogP contribution is 2.22. The molecule has 0 N–H and O–H groups in total. The fourth-order valence-electron chi connectivity index (χ4n) is 5.28. The number of aromatic nitrogens is 3. The summed E-state index contributed by atoms with van der Waals surface area (Å²) in [5.74, 6) is 0.931. The molecule has 0 radical (unpaired) electrons. The number of amides is 1. The molecule has 0 bridgehead atoms. The molecule has 0 aromatic carbocycles. The van der Waals surface area contributed by atoms with Crippen LogP contribution in [0.2, 0.25) is 0 Å². The zero-order valence-electron chi connectivity index (χ0n) is 18.3. The van der Waals surface area contributed by atoms with Crippen molar-refractivity contribution in [2.45, 2.75) is 64.5 Å². The van der Waals surface area contributed by atoms with E-state index in [4.69, 9.17) is 4.42 Å². The van der Waals surface area contributed by atoms with Crippen LogP contribution in [0.25, 0.3) is 16.6 Å². The van der Waals surface area contributed by atoms with Crippen molar-refractivity contribution in [2.75, 3.05) is 26.2 Å². The molecule has 0 spiro atoms. The third kappa shape index (κ3) is 3.89. The Morgan fingerprint density at radius 1 is 1.13 bits per heavy atom. The van der Waals surface area contributed by atoms with Crippen LogP contribution < -0.4 is 5.56 Å². The number of carbonyl (C=O) groups excluding carboxylic acids is 1. The quantitative estimate of drug-likeness (QED) is 0.628. The number of rotatable bonds is 5. The summed E-state index contributed by atoms with van der Waals surface area (Å²) in [7, 11) is 0. The van der Waals surface area contributed by atoms with Crippen molar-refractivity contribution < 1.29 is 9.21 Å². The van der Waals surface area contributed by atoms with Gasteiger partial charge in [0.1, 0.15) is 11.3 Å². The monoisotopic (exact) mass is 425 g/mol. The van der Waals surface area contributed by atoms with Gasteiger partial charge < -0.3 is 14.2 Å². The molecule has 2 aliphatic heterocycles. The van der Waals surface area contributed by atoms with Crippen LogP contribution >= 0.6 is 0 Å². The summed E-state index contributed by atoms with van der Waals surface area (Å²) in [6.45, 7) is 6.47. The van der Waals surface area contributed by atoms with Gasteiger partial charge in [0, 0.05) is 44.2 Å². The minimum Gasteiger partial charge on any atom is -0.463 e. The second-order valence-corrected chi connectivity index (χ2v) is 8.92. The Bertz CT molecular complexity index is 1130. The SMILES string of the molecule is Cc1nn(CCCC(=O)N2CCC(N3CCCCC3)CC2)c(=O)c2cc3occc3n12. The first-order chi connectivity index (χ1) is 15.1. The topological polar surface area (TPSA) is 76.0 Å². The van der Waals surface area contributed by atoms with Crippen LogP contribution in [0, 0.1) is 6.92 Å². The molecule has 2 fully saturated rings. The van der Waals surface area contributed by atoms with Crippen LogP contribution in [0.3, 0.4) is 0 Å². The van der Waals surface area contributed by atoms with Gasteiger partial charge >= 0.3 is 0 Å². The van der Waals surface area contributed by atoms with Crippen molar-refractivity contribution in [3.05, 3.63) is 34.6 Å². The Morgan fingerprint density at radius 2 is 1.90 bits per heavy atom. The third-order valence-corrected chi connectivity index (χ3v) is 6.95. The van der Waals surface area contributed by atoms with Crippen LogP contribution in [0.15, 0.2) is 27.6 Å². The van der Waals surface area contributed by atoms with E-state index in [0.717, 1.165) is 37.3 Å². The highest BCUT2D eigenvalue weighted by molar-refractivity contribution is 5.82. The summed E-state index contributed by atoms with van der Waals surface area (Å²) in [6, 6.07) is 4.25. The number of aryl methyl sites for hydroxylation is 2. The first kappa shape index (κ1) is 20.3. The molecular weight excluding hydrogens is 394 g/mol. The zero-order chi connectivity index (χ0) is 21.4. The highest BCUT2D eigenvalue weighted by Gasteiger charge is 2.27. The minimum absolute atomic E-state index is 0.146. The standard InChI is InChI=1S/C23H31N5O3/c1-17-24-27(23(30)20-16-21-19(28(17)20)9-15-31-21)12-5-6-22(29)26-13-7-18(8-14-26)25-10-3-2-4-11-25/h9,15-16,18H,2-8,10-14H2,1H3. The van der Waals surface area contributed by atoms with Gasteiger partial charge in [-0.3, -0.25) is 14.0 Å². The van der Waals surface area contributed by atoms with Gasteiger partial charge in [-0.1, -0.05) is 6.42 Å². The number of fused-ring (bicyclic) bond motifs is 3. The van der Waals surface area contributed by atoms with E-state index in [1.54, 1.807) is 12.3 Å². The van der Waals surface area contributed by atoms with E-state index in [-0.39, 0.29) is 11.5 Å². The Morgan fingerprint density at radius 3 is 2.68 bits per heavy atom. The summed E-state index contributed by atoms with van der Waals surface area (Å²) in [4.78, 5) is 30.2. The molecule has 31 heavy (non-hydrogen) atoms. The normalized spacial score (nSPS) is 18.9. The molecule has 2 saturated heterocycles. The van der Waals surface area contributed by atoms with E-state index in [0.29, 0.717) is 36.5 Å². The smallest absolute Gasteiger partial charge is 0.291 e. The fourth-order valence-corrected chi connectivity index (χ4v) is 5.28. The van der Waals surface area contributed by atoms with Gasteiger partial charge in [-0.25, -0.2) is 4.68 Å². The Hall–Kier alpha value is -2.61. The molecule has 5 heterocycles. The second-order valence-electron chi connectivity index (χ2n) is 8.92. The summed E-state index contributed by atoms with van der Waals surface area (Å²) >= 11 is 0. The average Bonchev–Trinajstić information content (AvgIpc) is 3.39. The molecule has 0 unspecified atom stereocenters. The average molecular weight is 426 g/mol. The lowest BCUT2D eigenvalue weighted by molar-refractivity contribution is -0.133. The molecule has 1 amide bonds. The molecule has 166 valence electrons. The maximum Gasteiger partial charge on any atom is 0.291 e. The van der Waals surface area contributed by atoms with E-state index < -0.39 is 0 Å². The Labute approximate surface area is 181 Å². The lowest BCUT2D eigenvalue weighted by atomic mass is 9.99. The molecule has 0 aliphatic carbocycles. The number of likely N-dealkylation sites (tertiary alicyclic amines) is 2. The van der Waals surface area contributed by atoms with Crippen molar-refractivity contribution >= 4 is 22.5 Å². The van der Waals surface area contributed by atoms with Crippen LogP contribution in [-0.4, -0.2) is 62.1 Å². The van der Waals surface area contributed by atoms with Gasteiger partial charge in [0.25, 0.3) is 5.56 Å². The van der Waals surface area contributed by atoms with E-state index in [1.807, 2.05) is 22.3 Å². The summed E-state index contributed by atoms with van der Waals surface area (Å²) in [5, 5.41) is 4.47. The largest absolute Gasteiger partial charge is 0.463 e. The summed E-state index contributed by atoms with van der Waals surface area (Å²) in [6.07, 6.45) is 8.83. The van der Waals surface area contributed by atoms with Crippen LogP contribution in [-0.2, 0) is 11.3 Å². The molecule has 3 aromatic rings. The van der Waals surface area contributed by atoms with Crippen molar-refractivity contribution in [3.63, 3.8) is 0 Å². The lowest BCUT2D eigenvalue weighted by Gasteiger charge is -2.40. The maximum atomic E-state index is 12.9. The minimum atomic E-state index is -0.146. The maximum absolute atomic E-state index is 12.9. The summed E-state index contributed by atoms with van der Waals surface area (Å²) < 4.78 is 8.74. The molecule has 8 nitrogen and oxygen atoms in total. The van der Waals surface area contributed by atoms with Gasteiger partial charge in [-0.15, -0.1) is 0 Å². The molecule has 0 atom stereocenters. The van der Waals surface area contributed by atoms with Crippen LogP contribution in [0.4, 0.5) is 0 Å². The number of carbonyl (C=O) groups is 1. The van der Waals surface area contributed by atoms with Crippen LogP contribution in [0.1, 0.15) is 50.8 Å². The number of hydrogen-bond acceptors (Lipinski definition) is 5. The Kier molecular flexibility index (Phi) is 5.56.